The van der Waals surface area contributed by atoms with Gasteiger partial charge in [0.25, 0.3) is 0 Å². The first kappa shape index (κ1) is 14.7. The molecule has 20 heavy (non-hydrogen) atoms. The molecule has 0 saturated carbocycles. The Kier molecular flexibility index (Phi) is 4.84. The highest BCUT2D eigenvalue weighted by Gasteiger charge is 2.25. The standard InChI is InChI=1S/C15H22N2O3/c1-3-8-20-14-9-11(2)4-5-13(14)16-15(19)17-7-6-12(18)10-17/h4-5,9,12,18H,3,6-8,10H2,1-2H3,(H,16,19)/t12-/m0/s1. The molecule has 2 rings (SSSR count). The monoisotopic (exact) mass is 278 g/mol. The minimum absolute atomic E-state index is 0.188. The van der Waals surface area contributed by atoms with Crippen LogP contribution in [0.1, 0.15) is 25.3 Å². The van der Waals surface area contributed by atoms with Crippen molar-refractivity contribution in [1.82, 2.24) is 4.90 Å². The van der Waals surface area contributed by atoms with Crippen LogP contribution in [-0.4, -0.2) is 41.8 Å². The number of rotatable bonds is 4. The average Bonchev–Trinajstić information content (AvgIpc) is 2.85. The van der Waals surface area contributed by atoms with E-state index in [-0.39, 0.29) is 6.03 Å². The summed E-state index contributed by atoms with van der Waals surface area (Å²) in [5.41, 5.74) is 1.76. The average molecular weight is 278 g/mol. The second-order valence-electron chi connectivity index (χ2n) is 5.17. The van der Waals surface area contributed by atoms with E-state index in [1.807, 2.05) is 32.0 Å². The van der Waals surface area contributed by atoms with Crippen LogP contribution >= 0.6 is 0 Å². The smallest absolute Gasteiger partial charge is 0.322 e. The number of carbonyl (C=O) groups excluding carboxylic acids is 1. The minimum atomic E-state index is -0.408. The number of hydrogen-bond donors (Lipinski definition) is 2. The molecule has 2 amide bonds. The maximum Gasteiger partial charge on any atom is 0.322 e. The Labute approximate surface area is 119 Å². The summed E-state index contributed by atoms with van der Waals surface area (Å²) in [5, 5.41) is 12.3. The Hall–Kier alpha value is -1.75. The van der Waals surface area contributed by atoms with E-state index in [1.165, 1.54) is 0 Å². The van der Waals surface area contributed by atoms with Crippen molar-refractivity contribution in [2.75, 3.05) is 25.0 Å². The number of nitrogens with one attached hydrogen (secondary N) is 1. The van der Waals surface area contributed by atoms with E-state index in [0.29, 0.717) is 37.6 Å². The summed E-state index contributed by atoms with van der Waals surface area (Å²) in [5.74, 6) is 0.694. The maximum absolute atomic E-state index is 12.1. The van der Waals surface area contributed by atoms with Crippen LogP contribution in [0.2, 0.25) is 0 Å². The fraction of sp³-hybridized carbons (Fsp3) is 0.533. The molecule has 1 aliphatic heterocycles. The van der Waals surface area contributed by atoms with E-state index in [1.54, 1.807) is 4.90 Å². The molecule has 0 bridgehead atoms. The van der Waals surface area contributed by atoms with Crippen LogP contribution in [0.4, 0.5) is 10.5 Å². The third-order valence-electron chi connectivity index (χ3n) is 3.29. The Morgan fingerprint density at radius 1 is 1.55 bits per heavy atom. The largest absolute Gasteiger partial charge is 0.491 e. The van der Waals surface area contributed by atoms with Crippen molar-refractivity contribution < 1.29 is 14.6 Å². The number of β-amino-alcohol motifs (C(OH)–C–C–N with tert-alkyl or cyclic N) is 1. The van der Waals surface area contributed by atoms with Crippen LogP contribution in [0.3, 0.4) is 0 Å². The number of ether oxygens (including phenoxy) is 1. The molecular formula is C15H22N2O3. The van der Waals surface area contributed by atoms with Crippen LogP contribution in [0.15, 0.2) is 18.2 Å². The molecule has 1 aromatic rings. The van der Waals surface area contributed by atoms with Crippen molar-refractivity contribution in [2.24, 2.45) is 0 Å². The van der Waals surface area contributed by atoms with Crippen molar-refractivity contribution in [3.8, 4) is 5.75 Å². The van der Waals surface area contributed by atoms with E-state index in [0.717, 1.165) is 12.0 Å². The second-order valence-corrected chi connectivity index (χ2v) is 5.17. The number of likely N-dealkylation sites (tertiary alicyclic amines) is 1. The molecule has 110 valence electrons. The van der Waals surface area contributed by atoms with Gasteiger partial charge in [-0.05, 0) is 37.5 Å². The molecule has 1 fully saturated rings. The van der Waals surface area contributed by atoms with Gasteiger partial charge in [-0.1, -0.05) is 13.0 Å². The SMILES string of the molecule is CCCOc1cc(C)ccc1NC(=O)N1CC[C@H](O)C1. The maximum atomic E-state index is 12.1. The van der Waals surface area contributed by atoms with Crippen molar-refractivity contribution in [1.29, 1.82) is 0 Å². The molecule has 0 radical (unpaired) electrons. The third-order valence-corrected chi connectivity index (χ3v) is 3.29. The van der Waals surface area contributed by atoms with Gasteiger partial charge in [0.15, 0.2) is 0 Å². The first-order chi connectivity index (χ1) is 9.60. The summed E-state index contributed by atoms with van der Waals surface area (Å²) < 4.78 is 5.67. The molecular weight excluding hydrogens is 256 g/mol. The molecule has 1 saturated heterocycles. The fourth-order valence-corrected chi connectivity index (χ4v) is 2.18. The summed E-state index contributed by atoms with van der Waals surface area (Å²) >= 11 is 0. The number of hydrogen-bond acceptors (Lipinski definition) is 3. The van der Waals surface area contributed by atoms with Crippen molar-refractivity contribution >= 4 is 11.7 Å². The van der Waals surface area contributed by atoms with Crippen LogP contribution < -0.4 is 10.1 Å². The van der Waals surface area contributed by atoms with Gasteiger partial charge < -0.3 is 20.1 Å². The molecule has 0 spiro atoms. The quantitative estimate of drug-likeness (QED) is 0.889. The Morgan fingerprint density at radius 3 is 3.00 bits per heavy atom. The highest BCUT2D eigenvalue weighted by molar-refractivity contribution is 5.91. The van der Waals surface area contributed by atoms with Gasteiger partial charge in [0.05, 0.1) is 18.4 Å². The Bertz CT molecular complexity index is 476. The van der Waals surface area contributed by atoms with E-state index in [2.05, 4.69) is 5.32 Å². The predicted octanol–water partition coefficient (Wildman–Crippen LogP) is 2.38. The van der Waals surface area contributed by atoms with Crippen LogP contribution in [-0.2, 0) is 0 Å². The summed E-state index contributed by atoms with van der Waals surface area (Å²) in [6.45, 7) is 5.63. The predicted molar refractivity (Wildman–Crippen MR) is 78.2 cm³/mol. The van der Waals surface area contributed by atoms with Crippen molar-refractivity contribution in [3.63, 3.8) is 0 Å². The first-order valence-corrected chi connectivity index (χ1v) is 7.07. The molecule has 0 aromatic heterocycles. The number of nitrogens with zero attached hydrogens (tertiary/aromatic N) is 1. The van der Waals surface area contributed by atoms with Crippen LogP contribution in [0.25, 0.3) is 0 Å². The third kappa shape index (κ3) is 3.63. The van der Waals surface area contributed by atoms with Gasteiger partial charge in [0.2, 0.25) is 0 Å². The van der Waals surface area contributed by atoms with E-state index < -0.39 is 6.10 Å². The summed E-state index contributed by atoms with van der Waals surface area (Å²) in [6, 6.07) is 5.52. The molecule has 5 nitrogen and oxygen atoms in total. The highest BCUT2D eigenvalue weighted by Crippen LogP contribution is 2.26. The second kappa shape index (κ2) is 6.61. The van der Waals surface area contributed by atoms with Gasteiger partial charge in [-0.2, -0.15) is 0 Å². The number of urea groups is 1. The van der Waals surface area contributed by atoms with Gasteiger partial charge in [0, 0.05) is 13.1 Å². The minimum Gasteiger partial charge on any atom is -0.491 e. The lowest BCUT2D eigenvalue weighted by Gasteiger charge is -2.18. The molecule has 1 heterocycles. The zero-order chi connectivity index (χ0) is 14.5. The van der Waals surface area contributed by atoms with Crippen molar-refractivity contribution in [3.05, 3.63) is 23.8 Å². The fourth-order valence-electron chi connectivity index (χ4n) is 2.18. The van der Waals surface area contributed by atoms with E-state index in [9.17, 15) is 9.90 Å². The van der Waals surface area contributed by atoms with Gasteiger partial charge in [-0.25, -0.2) is 4.79 Å². The van der Waals surface area contributed by atoms with Gasteiger partial charge in [-0.3, -0.25) is 0 Å². The highest BCUT2D eigenvalue weighted by atomic mass is 16.5. The van der Waals surface area contributed by atoms with E-state index >= 15 is 0 Å². The lowest BCUT2D eigenvalue weighted by atomic mass is 10.2. The zero-order valence-electron chi connectivity index (χ0n) is 12.1. The van der Waals surface area contributed by atoms with Gasteiger partial charge in [0.1, 0.15) is 5.75 Å². The molecule has 0 unspecified atom stereocenters. The molecule has 5 heteroatoms. The number of aliphatic hydroxyl groups is 1. The van der Waals surface area contributed by atoms with Crippen LogP contribution in [0, 0.1) is 6.92 Å². The number of amides is 2. The Balaban J connectivity index is 2.06. The summed E-state index contributed by atoms with van der Waals surface area (Å²) in [6.07, 6.45) is 1.15. The van der Waals surface area contributed by atoms with Gasteiger partial charge >= 0.3 is 6.03 Å². The number of aryl methyl sites for hydroxylation is 1. The van der Waals surface area contributed by atoms with Gasteiger partial charge in [-0.15, -0.1) is 0 Å². The number of carbonyl (C=O) groups is 1. The number of anilines is 1. The number of benzene rings is 1. The zero-order valence-corrected chi connectivity index (χ0v) is 12.1. The lowest BCUT2D eigenvalue weighted by molar-refractivity contribution is 0.176. The molecule has 2 N–H and O–H groups in total. The lowest BCUT2D eigenvalue weighted by Crippen LogP contribution is -2.33. The molecule has 0 aliphatic carbocycles. The molecule has 1 aliphatic rings. The normalized spacial score (nSPS) is 18.1. The summed E-state index contributed by atoms with van der Waals surface area (Å²) in [7, 11) is 0. The van der Waals surface area contributed by atoms with Crippen molar-refractivity contribution in [2.45, 2.75) is 32.8 Å². The Morgan fingerprint density at radius 2 is 2.35 bits per heavy atom. The number of aliphatic hydroxyl groups excluding tert-OH is 1. The molecule has 1 aromatic carbocycles. The molecule has 1 atom stereocenters. The topological polar surface area (TPSA) is 61.8 Å². The first-order valence-electron chi connectivity index (χ1n) is 7.07. The van der Waals surface area contributed by atoms with Crippen LogP contribution in [0.5, 0.6) is 5.75 Å². The summed E-state index contributed by atoms with van der Waals surface area (Å²) in [4.78, 5) is 13.7. The van der Waals surface area contributed by atoms with E-state index in [4.69, 9.17) is 4.74 Å².